The number of hydrogen-bond donors (Lipinski definition) is 2. The summed E-state index contributed by atoms with van der Waals surface area (Å²) in [5.74, 6) is -0.207. The van der Waals surface area contributed by atoms with E-state index in [2.05, 4.69) is 55.6 Å². The van der Waals surface area contributed by atoms with Gasteiger partial charge in [0.25, 0.3) is 7.82 Å². The number of carbonyl (C=O) groups excluding carboxylic acids is 1. The molecule has 2 N–H and O–H groups in total. The summed E-state index contributed by atoms with van der Waals surface area (Å²) in [6.45, 7) is 4.54. The molecule has 370 valence electrons. The van der Waals surface area contributed by atoms with Crippen LogP contribution >= 0.6 is 7.82 Å². The first-order chi connectivity index (χ1) is 30.5. The summed E-state index contributed by atoms with van der Waals surface area (Å²) in [7, 11) is 1.25. The van der Waals surface area contributed by atoms with Crippen LogP contribution in [-0.4, -0.2) is 68.5 Å². The number of phosphoric acid groups is 1. The lowest BCUT2D eigenvalue weighted by molar-refractivity contribution is -0.870. The van der Waals surface area contributed by atoms with Crippen molar-refractivity contribution < 1.29 is 32.9 Å². The highest BCUT2D eigenvalue weighted by Gasteiger charge is 2.23. The molecular formula is C54H103N2O6P. The third kappa shape index (κ3) is 48.2. The maximum absolute atomic E-state index is 12.9. The Morgan fingerprint density at radius 1 is 0.571 bits per heavy atom. The number of nitrogens with zero attached hydrogens (tertiary/aromatic N) is 1. The molecule has 0 saturated carbocycles. The molecule has 0 aliphatic carbocycles. The first kappa shape index (κ1) is 61.5. The Morgan fingerprint density at radius 3 is 1.46 bits per heavy atom. The van der Waals surface area contributed by atoms with E-state index in [-0.39, 0.29) is 12.5 Å². The molecule has 0 saturated heterocycles. The highest BCUT2D eigenvalue weighted by atomic mass is 31.2. The van der Waals surface area contributed by atoms with Gasteiger partial charge in [-0.3, -0.25) is 9.36 Å². The number of hydrogen-bond acceptors (Lipinski definition) is 6. The number of aliphatic hydroxyl groups excluding tert-OH is 1. The van der Waals surface area contributed by atoms with Crippen molar-refractivity contribution in [3.05, 3.63) is 48.6 Å². The fraction of sp³-hybridized carbons (Fsp3) is 0.833. The average molecular weight is 907 g/mol. The molecule has 0 spiro atoms. The minimum atomic E-state index is -4.60. The van der Waals surface area contributed by atoms with Crippen molar-refractivity contribution in [2.24, 2.45) is 0 Å². The molecule has 0 heterocycles. The molecule has 0 aromatic rings. The third-order valence-electron chi connectivity index (χ3n) is 11.8. The van der Waals surface area contributed by atoms with Gasteiger partial charge in [-0.15, -0.1) is 0 Å². The number of aliphatic hydroxyl groups is 1. The fourth-order valence-electron chi connectivity index (χ4n) is 7.62. The number of quaternary nitrogens is 1. The van der Waals surface area contributed by atoms with E-state index in [0.717, 1.165) is 51.4 Å². The molecule has 1 amide bonds. The summed E-state index contributed by atoms with van der Waals surface area (Å²) in [5.41, 5.74) is 0. The van der Waals surface area contributed by atoms with E-state index in [0.29, 0.717) is 17.4 Å². The van der Waals surface area contributed by atoms with Crippen molar-refractivity contribution in [3.63, 3.8) is 0 Å². The SMILES string of the molecule is CC/C=C\C/C=C\CCCCCCCCCCCCCCCCC(=O)NC(COP(=O)([O-])OCC[N+](C)(C)C)C(O)/C=C/CC/C=C/CCCCCCCCCCCCCCCC. The van der Waals surface area contributed by atoms with Gasteiger partial charge >= 0.3 is 0 Å². The van der Waals surface area contributed by atoms with Crippen LogP contribution in [-0.2, 0) is 18.4 Å². The number of amides is 1. The van der Waals surface area contributed by atoms with Gasteiger partial charge in [0.15, 0.2) is 0 Å². The second kappa shape index (κ2) is 45.6. The lowest BCUT2D eigenvalue weighted by Gasteiger charge is -2.29. The van der Waals surface area contributed by atoms with E-state index in [1.165, 1.54) is 167 Å². The maximum atomic E-state index is 12.9. The fourth-order valence-corrected chi connectivity index (χ4v) is 8.34. The molecule has 0 fully saturated rings. The largest absolute Gasteiger partial charge is 0.756 e. The number of likely N-dealkylation sites (N-methyl/N-ethyl adjacent to an activating group) is 1. The van der Waals surface area contributed by atoms with Crippen LogP contribution in [0.25, 0.3) is 0 Å². The summed E-state index contributed by atoms with van der Waals surface area (Å²) in [6, 6.07) is -0.903. The standard InChI is InChI=1S/C54H103N2O6P/c1-6-8-10-12-14-16-18-20-22-24-26-28-30-32-34-36-38-40-42-44-46-48-54(58)55-52(51-62-63(59,60)61-50-49-56(3,4)5)53(57)47-45-43-41-39-37-35-33-31-29-27-25-23-21-19-17-15-13-11-9-7-2/h8,10,14,16,37,39,45,47,52-53,57H,6-7,9,11-13,15,17-36,38,40-44,46,48-51H2,1-5H3,(H-,55,58,59,60)/b10-8-,16-14-,39-37+,47-45+. The summed E-state index contributed by atoms with van der Waals surface area (Å²) >= 11 is 0. The number of allylic oxidation sites excluding steroid dienone is 7. The lowest BCUT2D eigenvalue weighted by atomic mass is 10.0. The molecule has 63 heavy (non-hydrogen) atoms. The van der Waals surface area contributed by atoms with E-state index < -0.39 is 26.6 Å². The third-order valence-corrected chi connectivity index (χ3v) is 12.7. The van der Waals surface area contributed by atoms with Crippen LogP contribution in [0.2, 0.25) is 0 Å². The predicted molar refractivity (Wildman–Crippen MR) is 270 cm³/mol. The molecule has 0 aromatic carbocycles. The normalized spacial score (nSPS) is 14.5. The molecular weight excluding hydrogens is 804 g/mol. The van der Waals surface area contributed by atoms with Gasteiger partial charge in [0.05, 0.1) is 39.9 Å². The monoisotopic (exact) mass is 907 g/mol. The summed E-state index contributed by atoms with van der Waals surface area (Å²) < 4.78 is 23.3. The van der Waals surface area contributed by atoms with Gasteiger partial charge in [0.2, 0.25) is 5.91 Å². The molecule has 0 aromatic heterocycles. The van der Waals surface area contributed by atoms with E-state index in [1.54, 1.807) is 6.08 Å². The van der Waals surface area contributed by atoms with Gasteiger partial charge in [-0.2, -0.15) is 0 Å². The first-order valence-electron chi connectivity index (χ1n) is 26.5. The topological polar surface area (TPSA) is 108 Å². The summed E-state index contributed by atoms with van der Waals surface area (Å²) in [4.78, 5) is 25.4. The van der Waals surface area contributed by atoms with Crippen molar-refractivity contribution >= 4 is 13.7 Å². The van der Waals surface area contributed by atoms with Gasteiger partial charge in [0.1, 0.15) is 13.2 Å². The van der Waals surface area contributed by atoms with Crippen LogP contribution in [0.4, 0.5) is 0 Å². The smallest absolute Gasteiger partial charge is 0.268 e. The summed E-state index contributed by atoms with van der Waals surface area (Å²) in [6.07, 6.45) is 58.9. The molecule has 0 aliphatic rings. The quantitative estimate of drug-likeness (QED) is 0.0272. The lowest BCUT2D eigenvalue weighted by Crippen LogP contribution is -2.45. The van der Waals surface area contributed by atoms with E-state index >= 15 is 0 Å². The van der Waals surface area contributed by atoms with Crippen molar-refractivity contribution in [2.75, 3.05) is 40.9 Å². The Morgan fingerprint density at radius 2 is 0.984 bits per heavy atom. The van der Waals surface area contributed by atoms with Crippen molar-refractivity contribution in [1.29, 1.82) is 0 Å². The Balaban J connectivity index is 4.31. The molecule has 0 bridgehead atoms. The molecule has 9 heteroatoms. The molecule has 3 unspecified atom stereocenters. The number of phosphoric ester groups is 1. The minimum Gasteiger partial charge on any atom is -0.756 e. The Hall–Kier alpha value is -1.54. The zero-order valence-electron chi connectivity index (χ0n) is 42.0. The van der Waals surface area contributed by atoms with Crippen molar-refractivity contribution in [2.45, 2.75) is 251 Å². The predicted octanol–water partition coefficient (Wildman–Crippen LogP) is 15.0. The maximum Gasteiger partial charge on any atom is 0.268 e. The number of carbonyl (C=O) groups is 1. The molecule has 0 rings (SSSR count). The van der Waals surface area contributed by atoms with Gasteiger partial charge in [0, 0.05) is 6.42 Å². The van der Waals surface area contributed by atoms with Crippen molar-refractivity contribution in [1.82, 2.24) is 5.32 Å². The first-order valence-corrected chi connectivity index (χ1v) is 28.0. The van der Waals surface area contributed by atoms with E-state index in [4.69, 9.17) is 9.05 Å². The number of nitrogens with one attached hydrogen (secondary N) is 1. The van der Waals surface area contributed by atoms with Gasteiger partial charge in [-0.05, 0) is 57.8 Å². The highest BCUT2D eigenvalue weighted by molar-refractivity contribution is 7.45. The van der Waals surface area contributed by atoms with Crippen LogP contribution in [0, 0.1) is 0 Å². The van der Waals surface area contributed by atoms with Crippen LogP contribution in [0.3, 0.4) is 0 Å². The second-order valence-electron chi connectivity index (χ2n) is 19.2. The van der Waals surface area contributed by atoms with Gasteiger partial charge < -0.3 is 28.8 Å². The van der Waals surface area contributed by atoms with Crippen LogP contribution in [0.1, 0.15) is 239 Å². The average Bonchev–Trinajstić information content (AvgIpc) is 3.24. The molecule has 8 nitrogen and oxygen atoms in total. The second-order valence-corrected chi connectivity index (χ2v) is 20.6. The van der Waals surface area contributed by atoms with Crippen LogP contribution < -0.4 is 10.2 Å². The Kier molecular flexibility index (Phi) is 44.5. The zero-order chi connectivity index (χ0) is 46.4. The summed E-state index contributed by atoms with van der Waals surface area (Å²) in [5, 5.41) is 13.8. The molecule has 0 aliphatic heterocycles. The van der Waals surface area contributed by atoms with Crippen LogP contribution in [0.15, 0.2) is 48.6 Å². The molecule has 3 atom stereocenters. The number of rotatable bonds is 48. The van der Waals surface area contributed by atoms with E-state index in [1.807, 2.05) is 27.2 Å². The highest BCUT2D eigenvalue weighted by Crippen LogP contribution is 2.38. The van der Waals surface area contributed by atoms with Gasteiger partial charge in [-0.1, -0.05) is 223 Å². The van der Waals surface area contributed by atoms with Gasteiger partial charge in [-0.25, -0.2) is 0 Å². The molecule has 0 radical (unpaired) electrons. The zero-order valence-corrected chi connectivity index (χ0v) is 42.9. The van der Waals surface area contributed by atoms with Crippen molar-refractivity contribution in [3.8, 4) is 0 Å². The van der Waals surface area contributed by atoms with Crippen LogP contribution in [0.5, 0.6) is 0 Å². The minimum absolute atomic E-state index is 0.00659. The Bertz CT molecular complexity index is 1170. The van der Waals surface area contributed by atoms with E-state index in [9.17, 15) is 19.4 Å². The number of unbranched alkanes of at least 4 members (excludes halogenated alkanes) is 29. The Labute approximate surface area is 390 Å².